The molecule has 1 atom stereocenters. The van der Waals surface area contributed by atoms with E-state index < -0.39 is 0 Å². The van der Waals surface area contributed by atoms with Gasteiger partial charge in [-0.25, -0.2) is 0 Å². The number of hydrogen-bond acceptors (Lipinski definition) is 3. The molecule has 1 unspecified atom stereocenters. The molecule has 1 N–H and O–H groups in total. The summed E-state index contributed by atoms with van der Waals surface area (Å²) in [6.07, 6.45) is 10.9. The molecule has 1 aliphatic carbocycles. The van der Waals surface area contributed by atoms with Gasteiger partial charge < -0.3 is 15.0 Å². The molecule has 4 nitrogen and oxygen atoms in total. The molecule has 0 bridgehead atoms. The molecular formula is C23H34N2O2. The van der Waals surface area contributed by atoms with E-state index in [0.717, 1.165) is 57.6 Å². The Hall–Kier alpha value is -1.55. The monoisotopic (exact) mass is 370 g/mol. The Bertz CT molecular complexity index is 594. The summed E-state index contributed by atoms with van der Waals surface area (Å²) in [6.45, 7) is 3.85. The molecule has 27 heavy (non-hydrogen) atoms. The number of nitrogens with one attached hydrogen (secondary N) is 1. The maximum absolute atomic E-state index is 12.6. The maximum atomic E-state index is 12.6. The van der Waals surface area contributed by atoms with E-state index in [9.17, 15) is 4.79 Å². The van der Waals surface area contributed by atoms with E-state index in [1.165, 1.54) is 37.7 Å². The highest BCUT2D eigenvalue weighted by Crippen LogP contribution is 2.29. The molecule has 1 aromatic carbocycles. The predicted molar refractivity (Wildman–Crippen MR) is 108 cm³/mol. The Kier molecular flexibility index (Phi) is 6.33. The number of fused-ring (bicyclic) bond motifs is 1. The van der Waals surface area contributed by atoms with Crippen molar-refractivity contribution in [1.29, 1.82) is 0 Å². The Labute approximate surface area is 163 Å². The molecule has 148 valence electrons. The second-order valence-corrected chi connectivity index (χ2v) is 8.74. The molecule has 1 saturated carbocycles. The SMILES string of the molecule is O=C(CC1CCCCC1)N1CCC(CNCC2Cc3ccccc3O2)CC1. The first-order chi connectivity index (χ1) is 13.3. The summed E-state index contributed by atoms with van der Waals surface area (Å²) in [6, 6.07) is 8.35. The fraction of sp³-hybridized carbons (Fsp3) is 0.696. The lowest BCUT2D eigenvalue weighted by Gasteiger charge is -2.33. The summed E-state index contributed by atoms with van der Waals surface area (Å²) in [7, 11) is 0. The third kappa shape index (κ3) is 5.04. The van der Waals surface area contributed by atoms with E-state index in [0.29, 0.717) is 17.7 Å². The number of piperidine rings is 1. The predicted octanol–water partition coefficient (Wildman–Crippen LogP) is 3.79. The van der Waals surface area contributed by atoms with Gasteiger partial charge in [-0.2, -0.15) is 0 Å². The number of para-hydroxylation sites is 1. The first-order valence-electron chi connectivity index (χ1n) is 11.0. The average Bonchev–Trinajstić information content (AvgIpc) is 3.12. The van der Waals surface area contributed by atoms with Crippen LogP contribution in [0.4, 0.5) is 0 Å². The van der Waals surface area contributed by atoms with Gasteiger partial charge in [0.25, 0.3) is 0 Å². The summed E-state index contributed by atoms with van der Waals surface area (Å²) >= 11 is 0. The lowest BCUT2D eigenvalue weighted by molar-refractivity contribution is -0.133. The van der Waals surface area contributed by atoms with Crippen LogP contribution in [0.5, 0.6) is 5.75 Å². The third-order valence-corrected chi connectivity index (χ3v) is 6.67. The maximum Gasteiger partial charge on any atom is 0.222 e. The van der Waals surface area contributed by atoms with Gasteiger partial charge in [-0.05, 0) is 55.7 Å². The lowest BCUT2D eigenvalue weighted by Crippen LogP contribution is -2.42. The second kappa shape index (κ2) is 9.09. The fourth-order valence-corrected chi connectivity index (χ4v) is 4.97. The Morgan fingerprint density at radius 1 is 1.00 bits per heavy atom. The molecule has 2 aliphatic heterocycles. The molecule has 2 fully saturated rings. The smallest absolute Gasteiger partial charge is 0.222 e. The number of amides is 1. The zero-order chi connectivity index (χ0) is 18.5. The molecule has 0 aromatic heterocycles. The van der Waals surface area contributed by atoms with Crippen molar-refractivity contribution < 1.29 is 9.53 Å². The van der Waals surface area contributed by atoms with Gasteiger partial charge in [0.05, 0.1) is 0 Å². The largest absolute Gasteiger partial charge is 0.488 e. The van der Waals surface area contributed by atoms with Crippen LogP contribution in [0.15, 0.2) is 24.3 Å². The van der Waals surface area contributed by atoms with Crippen LogP contribution in [0.3, 0.4) is 0 Å². The van der Waals surface area contributed by atoms with Crippen molar-refractivity contribution in [2.24, 2.45) is 11.8 Å². The quantitative estimate of drug-likeness (QED) is 0.828. The van der Waals surface area contributed by atoms with Crippen LogP contribution < -0.4 is 10.1 Å². The van der Waals surface area contributed by atoms with Crippen LogP contribution in [-0.4, -0.2) is 43.1 Å². The van der Waals surface area contributed by atoms with E-state index in [1.54, 1.807) is 0 Å². The van der Waals surface area contributed by atoms with E-state index in [2.05, 4.69) is 28.4 Å². The lowest BCUT2D eigenvalue weighted by atomic mass is 9.86. The van der Waals surface area contributed by atoms with Crippen molar-refractivity contribution in [3.8, 4) is 5.75 Å². The van der Waals surface area contributed by atoms with Crippen LogP contribution in [0.25, 0.3) is 0 Å². The number of carbonyl (C=O) groups excluding carboxylic acids is 1. The Morgan fingerprint density at radius 3 is 2.56 bits per heavy atom. The first kappa shape index (κ1) is 18.8. The average molecular weight is 371 g/mol. The molecule has 4 rings (SSSR count). The summed E-state index contributed by atoms with van der Waals surface area (Å²) in [5, 5.41) is 3.61. The van der Waals surface area contributed by atoms with Crippen LogP contribution in [0.1, 0.15) is 56.9 Å². The fourth-order valence-electron chi connectivity index (χ4n) is 4.97. The number of rotatable bonds is 6. The van der Waals surface area contributed by atoms with E-state index >= 15 is 0 Å². The zero-order valence-electron chi connectivity index (χ0n) is 16.5. The minimum absolute atomic E-state index is 0.263. The number of benzene rings is 1. The molecule has 0 spiro atoms. The molecule has 2 heterocycles. The van der Waals surface area contributed by atoms with Crippen molar-refractivity contribution in [3.05, 3.63) is 29.8 Å². The van der Waals surface area contributed by atoms with Crippen LogP contribution >= 0.6 is 0 Å². The summed E-state index contributed by atoms with van der Waals surface area (Å²) in [5.41, 5.74) is 1.33. The normalized spacial score (nSPS) is 23.9. The van der Waals surface area contributed by atoms with Crippen molar-refractivity contribution in [2.75, 3.05) is 26.2 Å². The number of carbonyl (C=O) groups is 1. The van der Waals surface area contributed by atoms with Gasteiger partial charge in [0.1, 0.15) is 11.9 Å². The summed E-state index contributed by atoms with van der Waals surface area (Å²) < 4.78 is 6.00. The Morgan fingerprint density at radius 2 is 1.78 bits per heavy atom. The highest BCUT2D eigenvalue weighted by atomic mass is 16.5. The van der Waals surface area contributed by atoms with Gasteiger partial charge in [0, 0.05) is 32.5 Å². The molecular weight excluding hydrogens is 336 g/mol. The van der Waals surface area contributed by atoms with Gasteiger partial charge in [0.15, 0.2) is 0 Å². The zero-order valence-corrected chi connectivity index (χ0v) is 16.5. The van der Waals surface area contributed by atoms with Gasteiger partial charge in [0.2, 0.25) is 5.91 Å². The summed E-state index contributed by atoms with van der Waals surface area (Å²) in [5.74, 6) is 2.80. The number of likely N-dealkylation sites (tertiary alicyclic amines) is 1. The van der Waals surface area contributed by atoms with E-state index in [1.807, 2.05) is 6.07 Å². The third-order valence-electron chi connectivity index (χ3n) is 6.67. The van der Waals surface area contributed by atoms with Crippen LogP contribution in [0.2, 0.25) is 0 Å². The molecule has 1 saturated heterocycles. The molecule has 3 aliphatic rings. The molecule has 0 radical (unpaired) electrons. The molecule has 4 heteroatoms. The van der Waals surface area contributed by atoms with Crippen molar-refractivity contribution in [3.63, 3.8) is 0 Å². The minimum Gasteiger partial charge on any atom is -0.488 e. The number of ether oxygens (including phenoxy) is 1. The molecule has 1 amide bonds. The highest BCUT2D eigenvalue weighted by Gasteiger charge is 2.26. The van der Waals surface area contributed by atoms with Gasteiger partial charge >= 0.3 is 0 Å². The van der Waals surface area contributed by atoms with Crippen LogP contribution in [0, 0.1) is 11.8 Å². The van der Waals surface area contributed by atoms with E-state index in [4.69, 9.17) is 4.74 Å². The molecule has 1 aromatic rings. The first-order valence-corrected chi connectivity index (χ1v) is 11.0. The van der Waals surface area contributed by atoms with Crippen LogP contribution in [-0.2, 0) is 11.2 Å². The van der Waals surface area contributed by atoms with Crippen molar-refractivity contribution >= 4 is 5.91 Å². The number of hydrogen-bond donors (Lipinski definition) is 1. The standard InChI is InChI=1S/C23H34N2O2/c26-23(14-18-6-2-1-3-7-18)25-12-10-19(11-13-25)16-24-17-21-15-20-8-4-5-9-22(20)27-21/h4-5,8-9,18-19,21,24H,1-3,6-7,10-17H2. The Balaban J connectivity index is 1.11. The topological polar surface area (TPSA) is 41.6 Å². The summed E-state index contributed by atoms with van der Waals surface area (Å²) in [4.78, 5) is 14.7. The highest BCUT2D eigenvalue weighted by molar-refractivity contribution is 5.76. The van der Waals surface area contributed by atoms with Gasteiger partial charge in [-0.3, -0.25) is 4.79 Å². The van der Waals surface area contributed by atoms with Crippen molar-refractivity contribution in [2.45, 2.75) is 63.9 Å². The van der Waals surface area contributed by atoms with E-state index in [-0.39, 0.29) is 6.10 Å². The van der Waals surface area contributed by atoms with Crippen molar-refractivity contribution in [1.82, 2.24) is 10.2 Å². The second-order valence-electron chi connectivity index (χ2n) is 8.74. The van der Waals surface area contributed by atoms with Gasteiger partial charge in [-0.15, -0.1) is 0 Å². The van der Waals surface area contributed by atoms with Gasteiger partial charge in [-0.1, -0.05) is 37.5 Å². The minimum atomic E-state index is 0.263. The number of nitrogens with zero attached hydrogens (tertiary/aromatic N) is 1.